The van der Waals surface area contributed by atoms with E-state index in [1.165, 1.54) is 18.2 Å². The van der Waals surface area contributed by atoms with Crippen LogP contribution in [0.2, 0.25) is 0 Å². The van der Waals surface area contributed by atoms with E-state index in [4.69, 9.17) is 5.26 Å². The Morgan fingerprint density at radius 2 is 1.81 bits per heavy atom. The van der Waals surface area contributed by atoms with E-state index in [0.29, 0.717) is 0 Å². The number of halogens is 3. The predicted octanol–water partition coefficient (Wildman–Crippen LogP) is 4.07. The first-order valence-corrected chi connectivity index (χ1v) is 7.30. The van der Waals surface area contributed by atoms with Crippen LogP contribution in [-0.4, -0.2) is 10.8 Å². The minimum absolute atomic E-state index is 0.116. The van der Waals surface area contributed by atoms with Gasteiger partial charge in [-0.25, -0.2) is 0 Å². The topological polar surface area (TPSA) is 108 Å². The fourth-order valence-electron chi connectivity index (χ4n) is 1.96. The highest BCUT2D eigenvalue weighted by Crippen LogP contribution is 2.29. The smallest absolute Gasteiger partial charge is 0.360 e. The summed E-state index contributed by atoms with van der Waals surface area (Å²) in [4.78, 5) is 22.2. The number of nitrogens with one attached hydrogen (secondary N) is 2. The molecule has 0 spiro atoms. The Morgan fingerprint density at radius 1 is 1.15 bits per heavy atom. The number of carbonyl (C=O) groups excluding carboxylic acids is 1. The van der Waals surface area contributed by atoms with Gasteiger partial charge in [-0.1, -0.05) is 6.07 Å². The molecular weight excluding hydrogens is 365 g/mol. The van der Waals surface area contributed by atoms with Crippen LogP contribution in [0.4, 0.5) is 30.2 Å². The van der Waals surface area contributed by atoms with E-state index in [-0.39, 0.29) is 22.6 Å². The highest BCUT2D eigenvalue weighted by molar-refractivity contribution is 6.06. The fraction of sp³-hybridized carbons (Fsp3) is 0.0588. The number of carbonyl (C=O) groups is 1. The van der Waals surface area contributed by atoms with Crippen LogP contribution in [0.5, 0.6) is 0 Å². The third-order valence-electron chi connectivity index (χ3n) is 3.28. The Balaban J connectivity index is 2.09. The van der Waals surface area contributed by atoms with Crippen molar-refractivity contribution in [3.05, 3.63) is 76.0 Å². The van der Waals surface area contributed by atoms with Gasteiger partial charge in [0.25, 0.3) is 11.6 Å². The number of nitrogens with zero attached hydrogens (tertiary/aromatic N) is 2. The third-order valence-corrected chi connectivity index (χ3v) is 3.28. The normalized spacial score (nSPS) is 11.4. The van der Waals surface area contributed by atoms with Gasteiger partial charge in [0, 0.05) is 29.7 Å². The molecule has 2 N–H and O–H groups in total. The Morgan fingerprint density at radius 3 is 2.37 bits per heavy atom. The maximum Gasteiger partial charge on any atom is 0.416 e. The maximum absolute atomic E-state index is 12.5. The first-order valence-electron chi connectivity index (χ1n) is 7.30. The van der Waals surface area contributed by atoms with Crippen LogP contribution in [0, 0.1) is 21.4 Å². The van der Waals surface area contributed by atoms with Crippen LogP contribution >= 0.6 is 0 Å². The Labute approximate surface area is 150 Å². The molecule has 0 aromatic heterocycles. The molecule has 138 valence electrons. The van der Waals surface area contributed by atoms with Crippen molar-refractivity contribution in [2.45, 2.75) is 6.18 Å². The van der Waals surface area contributed by atoms with Gasteiger partial charge in [-0.2, -0.15) is 18.4 Å². The standard InChI is InChI=1S/C17H11F3N4O3/c18-17(19,20)12-4-6-13(7-5-12)22-10-11(9-21)16(25)23-14-2-1-3-15(8-14)24(26)27/h1-8,10,22H,(H,23,25)/b11-10-. The molecule has 0 fully saturated rings. The number of nitriles is 1. The maximum atomic E-state index is 12.5. The SMILES string of the molecule is N#C/C(=C/Nc1ccc(C(F)(F)F)cc1)C(=O)Nc1cccc([N+](=O)[O-])c1. The van der Waals surface area contributed by atoms with Gasteiger partial charge in [0.05, 0.1) is 10.5 Å². The lowest BCUT2D eigenvalue weighted by Crippen LogP contribution is -2.14. The van der Waals surface area contributed by atoms with Crippen molar-refractivity contribution in [2.75, 3.05) is 10.6 Å². The second-order valence-corrected chi connectivity index (χ2v) is 5.15. The molecule has 0 aliphatic heterocycles. The molecule has 0 bridgehead atoms. The molecular formula is C17H11F3N4O3. The molecule has 1 amide bonds. The van der Waals surface area contributed by atoms with Crippen molar-refractivity contribution in [2.24, 2.45) is 0 Å². The van der Waals surface area contributed by atoms with Crippen LogP contribution < -0.4 is 10.6 Å². The monoisotopic (exact) mass is 376 g/mol. The number of non-ortho nitro benzene ring substituents is 1. The van der Waals surface area contributed by atoms with Crippen molar-refractivity contribution in [3.63, 3.8) is 0 Å². The summed E-state index contributed by atoms with van der Waals surface area (Å²) >= 11 is 0. The summed E-state index contributed by atoms with van der Waals surface area (Å²) in [6.07, 6.45) is -3.44. The van der Waals surface area contributed by atoms with Gasteiger partial charge in [-0.05, 0) is 30.3 Å². The number of amides is 1. The summed E-state index contributed by atoms with van der Waals surface area (Å²) < 4.78 is 37.5. The van der Waals surface area contributed by atoms with Crippen LogP contribution in [-0.2, 0) is 11.0 Å². The summed E-state index contributed by atoms with van der Waals surface area (Å²) in [7, 11) is 0. The number of benzene rings is 2. The van der Waals surface area contributed by atoms with Gasteiger partial charge in [-0.3, -0.25) is 14.9 Å². The Bertz CT molecular complexity index is 932. The predicted molar refractivity (Wildman–Crippen MR) is 90.5 cm³/mol. The summed E-state index contributed by atoms with van der Waals surface area (Å²) in [5, 5.41) is 24.7. The van der Waals surface area contributed by atoms with E-state index >= 15 is 0 Å². The number of alkyl halides is 3. The molecule has 2 aromatic rings. The van der Waals surface area contributed by atoms with Gasteiger partial charge in [0.1, 0.15) is 11.6 Å². The number of anilines is 2. The van der Waals surface area contributed by atoms with Crippen LogP contribution in [0.25, 0.3) is 0 Å². The molecule has 2 aromatic carbocycles. The second-order valence-electron chi connectivity index (χ2n) is 5.15. The zero-order valence-corrected chi connectivity index (χ0v) is 13.4. The molecule has 0 heterocycles. The van der Waals surface area contributed by atoms with Crippen LogP contribution in [0.3, 0.4) is 0 Å². The Kier molecular flexibility index (Phi) is 5.77. The lowest BCUT2D eigenvalue weighted by molar-refractivity contribution is -0.384. The van der Waals surface area contributed by atoms with Crippen molar-refractivity contribution < 1.29 is 22.9 Å². The zero-order valence-electron chi connectivity index (χ0n) is 13.4. The second kappa shape index (κ2) is 8.01. The van der Waals surface area contributed by atoms with E-state index in [1.54, 1.807) is 6.07 Å². The number of rotatable bonds is 5. The lowest BCUT2D eigenvalue weighted by Gasteiger charge is -2.08. The van der Waals surface area contributed by atoms with E-state index in [0.717, 1.165) is 36.5 Å². The van der Waals surface area contributed by atoms with Crippen molar-refractivity contribution in [1.82, 2.24) is 0 Å². The largest absolute Gasteiger partial charge is 0.416 e. The average Bonchev–Trinajstić information content (AvgIpc) is 2.62. The first-order chi connectivity index (χ1) is 12.7. The molecule has 0 saturated heterocycles. The lowest BCUT2D eigenvalue weighted by atomic mass is 10.2. The number of hydrogen-bond acceptors (Lipinski definition) is 5. The van der Waals surface area contributed by atoms with E-state index in [2.05, 4.69) is 10.6 Å². The van der Waals surface area contributed by atoms with E-state index in [9.17, 15) is 28.1 Å². The quantitative estimate of drug-likeness (QED) is 0.354. The molecule has 0 unspecified atom stereocenters. The van der Waals surface area contributed by atoms with Crippen molar-refractivity contribution in [1.29, 1.82) is 5.26 Å². The number of nitro benzene ring substituents is 1. The van der Waals surface area contributed by atoms with Gasteiger partial charge in [-0.15, -0.1) is 0 Å². The van der Waals surface area contributed by atoms with Gasteiger partial charge in [0.15, 0.2) is 0 Å². The van der Waals surface area contributed by atoms with E-state index in [1.807, 2.05) is 0 Å². The zero-order chi connectivity index (χ0) is 20.0. The van der Waals surface area contributed by atoms with E-state index < -0.39 is 22.6 Å². The summed E-state index contributed by atoms with van der Waals surface area (Å²) in [5.41, 5.74) is -1.09. The first kappa shape index (κ1) is 19.5. The summed E-state index contributed by atoms with van der Waals surface area (Å²) in [5.74, 6) is -0.836. The Hall–Kier alpha value is -3.87. The third kappa shape index (κ3) is 5.30. The van der Waals surface area contributed by atoms with Crippen molar-refractivity contribution in [3.8, 4) is 6.07 Å². The van der Waals surface area contributed by atoms with Crippen LogP contribution in [0.15, 0.2) is 60.3 Å². The van der Waals surface area contributed by atoms with Gasteiger partial charge >= 0.3 is 6.18 Å². The minimum atomic E-state index is -4.47. The molecule has 0 atom stereocenters. The highest BCUT2D eigenvalue weighted by atomic mass is 19.4. The molecule has 0 saturated carbocycles. The molecule has 0 aliphatic carbocycles. The summed E-state index contributed by atoms with van der Waals surface area (Å²) in [6.45, 7) is 0. The number of hydrogen-bond donors (Lipinski definition) is 2. The molecule has 0 radical (unpaired) electrons. The summed E-state index contributed by atoms with van der Waals surface area (Å²) in [6, 6.07) is 10.8. The average molecular weight is 376 g/mol. The van der Waals surface area contributed by atoms with Gasteiger partial charge < -0.3 is 10.6 Å². The molecule has 0 aliphatic rings. The highest BCUT2D eigenvalue weighted by Gasteiger charge is 2.29. The molecule has 7 nitrogen and oxygen atoms in total. The van der Waals surface area contributed by atoms with Crippen LogP contribution in [0.1, 0.15) is 5.56 Å². The fourth-order valence-corrected chi connectivity index (χ4v) is 1.96. The molecule has 27 heavy (non-hydrogen) atoms. The van der Waals surface area contributed by atoms with Crippen molar-refractivity contribution >= 4 is 23.0 Å². The minimum Gasteiger partial charge on any atom is -0.360 e. The molecule has 10 heteroatoms. The molecule has 2 rings (SSSR count). The van der Waals surface area contributed by atoms with Gasteiger partial charge in [0.2, 0.25) is 0 Å². The number of nitro groups is 1.